The standard InChI is InChI=1S/C17H22N6/c1-22(15-4-7-18-12-21-15)14-5-10-23(11-6-14)17-16(13-2-3-13)19-8-9-20-17/h4,7-9,12-14H,2-3,5-6,10-11H2,1H3. The Hall–Kier alpha value is -2.24. The second-order valence-corrected chi connectivity index (χ2v) is 6.44. The third kappa shape index (κ3) is 2.98. The third-order valence-corrected chi connectivity index (χ3v) is 4.91. The summed E-state index contributed by atoms with van der Waals surface area (Å²) in [6.45, 7) is 2.05. The highest BCUT2D eigenvalue weighted by Gasteiger charge is 2.31. The van der Waals surface area contributed by atoms with Gasteiger partial charge in [0.15, 0.2) is 5.82 Å². The van der Waals surface area contributed by atoms with E-state index in [1.165, 1.54) is 18.5 Å². The van der Waals surface area contributed by atoms with Crippen molar-refractivity contribution in [2.75, 3.05) is 29.9 Å². The molecule has 2 aromatic heterocycles. The number of nitrogens with zero attached hydrogens (tertiary/aromatic N) is 6. The van der Waals surface area contributed by atoms with Crippen LogP contribution in [-0.2, 0) is 0 Å². The van der Waals surface area contributed by atoms with Crippen LogP contribution < -0.4 is 9.80 Å². The van der Waals surface area contributed by atoms with E-state index >= 15 is 0 Å². The molecule has 4 rings (SSSR count). The number of aromatic nitrogens is 4. The summed E-state index contributed by atoms with van der Waals surface area (Å²) >= 11 is 0. The van der Waals surface area contributed by atoms with E-state index in [2.05, 4.69) is 36.8 Å². The average molecular weight is 310 g/mol. The molecular formula is C17H22N6. The molecule has 2 aromatic rings. The zero-order valence-corrected chi connectivity index (χ0v) is 13.5. The Morgan fingerprint density at radius 1 is 1.00 bits per heavy atom. The van der Waals surface area contributed by atoms with Gasteiger partial charge in [-0.25, -0.2) is 15.0 Å². The molecule has 0 N–H and O–H groups in total. The SMILES string of the molecule is CN(c1ccncn1)C1CCN(c2nccnc2C2CC2)CC1. The van der Waals surface area contributed by atoms with Crippen molar-refractivity contribution < 1.29 is 0 Å². The Bertz CT molecular complexity index is 649. The lowest BCUT2D eigenvalue weighted by atomic mass is 10.0. The topological polar surface area (TPSA) is 58.0 Å². The van der Waals surface area contributed by atoms with Crippen LogP contribution >= 0.6 is 0 Å². The first-order valence-electron chi connectivity index (χ1n) is 8.37. The van der Waals surface area contributed by atoms with Gasteiger partial charge in [0.1, 0.15) is 12.1 Å². The van der Waals surface area contributed by atoms with Crippen molar-refractivity contribution in [2.24, 2.45) is 0 Å². The van der Waals surface area contributed by atoms with Crippen molar-refractivity contribution in [2.45, 2.75) is 37.6 Å². The van der Waals surface area contributed by atoms with Crippen LogP contribution in [0.25, 0.3) is 0 Å². The summed E-state index contributed by atoms with van der Waals surface area (Å²) in [6, 6.07) is 2.49. The van der Waals surface area contributed by atoms with Gasteiger partial charge in [-0.15, -0.1) is 0 Å². The fourth-order valence-corrected chi connectivity index (χ4v) is 3.37. The van der Waals surface area contributed by atoms with E-state index in [0.29, 0.717) is 12.0 Å². The molecule has 0 radical (unpaired) electrons. The normalized spacial score (nSPS) is 18.9. The lowest BCUT2D eigenvalue weighted by Gasteiger charge is -2.38. The van der Waals surface area contributed by atoms with Crippen molar-refractivity contribution >= 4 is 11.6 Å². The summed E-state index contributed by atoms with van der Waals surface area (Å²) in [5, 5.41) is 0. The molecule has 23 heavy (non-hydrogen) atoms. The molecule has 6 nitrogen and oxygen atoms in total. The minimum absolute atomic E-state index is 0.516. The van der Waals surface area contributed by atoms with E-state index < -0.39 is 0 Å². The molecule has 0 spiro atoms. The van der Waals surface area contributed by atoms with E-state index in [1.54, 1.807) is 12.5 Å². The lowest BCUT2D eigenvalue weighted by molar-refractivity contribution is 0.476. The van der Waals surface area contributed by atoms with Gasteiger partial charge in [-0.05, 0) is 31.7 Å². The molecule has 1 saturated carbocycles. The summed E-state index contributed by atoms with van der Waals surface area (Å²) < 4.78 is 0. The molecule has 2 fully saturated rings. The van der Waals surface area contributed by atoms with Gasteiger partial charge in [0.05, 0.1) is 5.69 Å². The van der Waals surface area contributed by atoms with Gasteiger partial charge in [-0.3, -0.25) is 4.98 Å². The van der Waals surface area contributed by atoms with Crippen molar-refractivity contribution in [1.29, 1.82) is 0 Å². The highest BCUT2D eigenvalue weighted by molar-refractivity contribution is 5.47. The summed E-state index contributed by atoms with van der Waals surface area (Å²) in [7, 11) is 2.13. The zero-order valence-electron chi connectivity index (χ0n) is 13.5. The van der Waals surface area contributed by atoms with Crippen molar-refractivity contribution in [3.63, 3.8) is 0 Å². The second-order valence-electron chi connectivity index (χ2n) is 6.44. The van der Waals surface area contributed by atoms with Gasteiger partial charge in [0.25, 0.3) is 0 Å². The lowest BCUT2D eigenvalue weighted by Crippen LogP contribution is -2.44. The summed E-state index contributed by atoms with van der Waals surface area (Å²) in [5.74, 6) is 2.75. The molecule has 1 saturated heterocycles. The molecule has 2 aliphatic rings. The molecule has 0 atom stereocenters. The molecule has 0 amide bonds. The minimum Gasteiger partial charge on any atom is -0.356 e. The maximum absolute atomic E-state index is 4.62. The van der Waals surface area contributed by atoms with Crippen LogP contribution in [0.3, 0.4) is 0 Å². The maximum atomic E-state index is 4.62. The van der Waals surface area contributed by atoms with Gasteiger partial charge in [0.2, 0.25) is 0 Å². The average Bonchev–Trinajstić information content (AvgIpc) is 3.47. The van der Waals surface area contributed by atoms with Gasteiger partial charge in [-0.2, -0.15) is 0 Å². The first-order chi connectivity index (χ1) is 11.3. The number of hydrogen-bond donors (Lipinski definition) is 0. The first kappa shape index (κ1) is 14.4. The Balaban J connectivity index is 1.43. The number of anilines is 2. The fourth-order valence-electron chi connectivity index (χ4n) is 3.37. The van der Waals surface area contributed by atoms with Crippen LogP contribution in [0.4, 0.5) is 11.6 Å². The summed E-state index contributed by atoms with van der Waals surface area (Å²) in [5.41, 5.74) is 1.20. The smallest absolute Gasteiger partial charge is 0.150 e. The molecule has 6 heteroatoms. The summed E-state index contributed by atoms with van der Waals surface area (Å²) in [4.78, 5) is 22.2. The van der Waals surface area contributed by atoms with Gasteiger partial charge >= 0.3 is 0 Å². The van der Waals surface area contributed by atoms with Crippen molar-refractivity contribution in [1.82, 2.24) is 19.9 Å². The highest BCUT2D eigenvalue weighted by Crippen LogP contribution is 2.42. The maximum Gasteiger partial charge on any atom is 0.150 e. The molecule has 120 valence electrons. The summed E-state index contributed by atoms with van der Waals surface area (Å²) in [6.07, 6.45) is 11.8. The van der Waals surface area contributed by atoms with Gasteiger partial charge in [-0.1, -0.05) is 0 Å². The van der Waals surface area contributed by atoms with Crippen LogP contribution in [-0.4, -0.2) is 46.1 Å². The number of hydrogen-bond acceptors (Lipinski definition) is 6. The molecule has 1 aliphatic heterocycles. The van der Waals surface area contributed by atoms with Crippen LogP contribution in [0.15, 0.2) is 31.0 Å². The van der Waals surface area contributed by atoms with Crippen LogP contribution in [0.1, 0.15) is 37.3 Å². The minimum atomic E-state index is 0.516. The third-order valence-electron chi connectivity index (χ3n) is 4.91. The van der Waals surface area contributed by atoms with E-state index in [1.807, 2.05) is 18.5 Å². The number of piperidine rings is 1. The van der Waals surface area contributed by atoms with Gasteiger partial charge in [0, 0.05) is 50.7 Å². The molecule has 3 heterocycles. The van der Waals surface area contributed by atoms with Crippen LogP contribution in [0.5, 0.6) is 0 Å². The van der Waals surface area contributed by atoms with Crippen LogP contribution in [0, 0.1) is 0 Å². The van der Waals surface area contributed by atoms with Crippen LogP contribution in [0.2, 0.25) is 0 Å². The molecule has 0 aromatic carbocycles. The second kappa shape index (κ2) is 6.10. The quantitative estimate of drug-likeness (QED) is 0.863. The largest absolute Gasteiger partial charge is 0.356 e. The number of rotatable bonds is 4. The molecular weight excluding hydrogens is 288 g/mol. The zero-order chi connectivity index (χ0) is 15.6. The molecule has 0 unspecified atom stereocenters. The first-order valence-corrected chi connectivity index (χ1v) is 8.37. The Kier molecular flexibility index (Phi) is 3.81. The molecule has 0 bridgehead atoms. The van der Waals surface area contributed by atoms with Crippen molar-refractivity contribution in [3.8, 4) is 0 Å². The predicted molar refractivity (Wildman–Crippen MR) is 89.7 cm³/mol. The van der Waals surface area contributed by atoms with E-state index in [0.717, 1.165) is 37.6 Å². The Morgan fingerprint density at radius 2 is 1.78 bits per heavy atom. The van der Waals surface area contributed by atoms with Crippen molar-refractivity contribution in [3.05, 3.63) is 36.7 Å². The highest BCUT2D eigenvalue weighted by atomic mass is 15.2. The van der Waals surface area contributed by atoms with E-state index in [9.17, 15) is 0 Å². The Labute approximate surface area is 136 Å². The fraction of sp³-hybridized carbons (Fsp3) is 0.529. The monoisotopic (exact) mass is 310 g/mol. The molecule has 1 aliphatic carbocycles. The van der Waals surface area contributed by atoms with E-state index in [4.69, 9.17) is 0 Å². The van der Waals surface area contributed by atoms with E-state index in [-0.39, 0.29) is 0 Å². The Morgan fingerprint density at radius 3 is 2.48 bits per heavy atom. The predicted octanol–water partition coefficient (Wildman–Crippen LogP) is 2.25. The van der Waals surface area contributed by atoms with Gasteiger partial charge < -0.3 is 9.80 Å².